The van der Waals surface area contributed by atoms with Crippen LogP contribution in [0.15, 0.2) is 6.20 Å². The first kappa shape index (κ1) is 12.2. The predicted octanol–water partition coefficient (Wildman–Crippen LogP) is 2.65. The molecular formula is C9H9ClF3N3O. The lowest BCUT2D eigenvalue weighted by Gasteiger charge is -2.21. The van der Waals surface area contributed by atoms with Crippen LogP contribution in [0.5, 0.6) is 6.01 Å². The fourth-order valence-electron chi connectivity index (χ4n) is 1.37. The molecule has 1 N–H and O–H groups in total. The summed E-state index contributed by atoms with van der Waals surface area (Å²) in [5, 5.41) is 2.35. The van der Waals surface area contributed by atoms with Gasteiger partial charge >= 0.3 is 12.2 Å². The molecular weight excluding hydrogens is 259 g/mol. The van der Waals surface area contributed by atoms with Crippen LogP contribution in [0.1, 0.15) is 12.8 Å². The molecule has 17 heavy (non-hydrogen) atoms. The Hall–Kier alpha value is -1.24. The highest BCUT2D eigenvalue weighted by Gasteiger charge is 2.63. The van der Waals surface area contributed by atoms with Crippen molar-refractivity contribution in [3.63, 3.8) is 0 Å². The zero-order valence-corrected chi connectivity index (χ0v) is 9.56. The van der Waals surface area contributed by atoms with Gasteiger partial charge in [-0.1, -0.05) is 11.6 Å². The van der Waals surface area contributed by atoms with Crippen LogP contribution in [0.25, 0.3) is 0 Å². The summed E-state index contributed by atoms with van der Waals surface area (Å²) in [5.41, 5.74) is -1.91. The summed E-state index contributed by atoms with van der Waals surface area (Å²) < 4.78 is 42.9. The molecule has 0 unspecified atom stereocenters. The number of aromatic nitrogens is 2. The molecule has 0 bridgehead atoms. The lowest BCUT2D eigenvalue weighted by molar-refractivity contribution is -0.151. The Labute approximate surface area is 100 Å². The second kappa shape index (κ2) is 3.90. The van der Waals surface area contributed by atoms with Crippen molar-refractivity contribution in [2.75, 3.05) is 12.4 Å². The minimum absolute atomic E-state index is 0.0130. The van der Waals surface area contributed by atoms with Gasteiger partial charge in [-0.2, -0.15) is 18.2 Å². The third-order valence-corrected chi connectivity index (χ3v) is 2.83. The van der Waals surface area contributed by atoms with Gasteiger partial charge in [0, 0.05) is 0 Å². The molecule has 2 rings (SSSR count). The predicted molar refractivity (Wildman–Crippen MR) is 55.2 cm³/mol. The summed E-state index contributed by atoms with van der Waals surface area (Å²) in [5.74, 6) is -0.0617. The number of methoxy groups -OCH3 is 1. The van der Waals surface area contributed by atoms with Crippen molar-refractivity contribution in [2.24, 2.45) is 0 Å². The quantitative estimate of drug-likeness (QED) is 0.915. The monoisotopic (exact) mass is 267 g/mol. The van der Waals surface area contributed by atoms with Gasteiger partial charge in [0.15, 0.2) is 5.82 Å². The van der Waals surface area contributed by atoms with E-state index in [1.807, 2.05) is 0 Å². The van der Waals surface area contributed by atoms with Crippen molar-refractivity contribution in [3.05, 3.63) is 11.2 Å². The number of nitrogens with one attached hydrogen (secondary N) is 1. The van der Waals surface area contributed by atoms with Gasteiger partial charge in [0.2, 0.25) is 0 Å². The van der Waals surface area contributed by atoms with E-state index in [-0.39, 0.29) is 29.7 Å². The standard InChI is InChI=1S/C9H9ClF3N3O/c1-17-7-14-4-5(10)6(15-7)16-8(2-3-8)9(11,12)13/h4H,2-3H2,1H3,(H,14,15,16). The second-order valence-corrected chi connectivity index (χ2v) is 4.17. The molecule has 0 aliphatic heterocycles. The number of nitrogens with zero attached hydrogens (tertiary/aromatic N) is 2. The van der Waals surface area contributed by atoms with E-state index < -0.39 is 11.7 Å². The van der Waals surface area contributed by atoms with Gasteiger partial charge in [-0.15, -0.1) is 0 Å². The number of anilines is 1. The maximum Gasteiger partial charge on any atom is 0.411 e. The Morgan fingerprint density at radius 2 is 2.12 bits per heavy atom. The van der Waals surface area contributed by atoms with Gasteiger partial charge in [0.1, 0.15) is 10.6 Å². The van der Waals surface area contributed by atoms with E-state index in [2.05, 4.69) is 15.3 Å². The Bertz CT molecular complexity index is 434. The topological polar surface area (TPSA) is 47.0 Å². The highest BCUT2D eigenvalue weighted by molar-refractivity contribution is 6.32. The van der Waals surface area contributed by atoms with Crippen molar-refractivity contribution in [2.45, 2.75) is 24.6 Å². The number of halogens is 4. The maximum atomic E-state index is 12.7. The molecule has 94 valence electrons. The minimum atomic E-state index is -4.32. The zero-order chi connectivity index (χ0) is 12.7. The number of rotatable bonds is 3. The van der Waals surface area contributed by atoms with Gasteiger partial charge in [-0.25, -0.2) is 4.98 Å². The molecule has 1 aliphatic rings. The van der Waals surface area contributed by atoms with Crippen LogP contribution in [0.4, 0.5) is 19.0 Å². The van der Waals surface area contributed by atoms with E-state index >= 15 is 0 Å². The fraction of sp³-hybridized carbons (Fsp3) is 0.556. The molecule has 1 fully saturated rings. The number of hydrogen-bond donors (Lipinski definition) is 1. The average molecular weight is 268 g/mol. The summed E-state index contributed by atoms with van der Waals surface area (Å²) in [6, 6.07) is -0.0325. The van der Waals surface area contributed by atoms with E-state index in [0.29, 0.717) is 0 Å². The number of ether oxygens (including phenoxy) is 1. The first-order valence-corrected chi connectivity index (χ1v) is 5.17. The van der Waals surface area contributed by atoms with E-state index in [4.69, 9.17) is 16.3 Å². The number of alkyl halides is 3. The minimum Gasteiger partial charge on any atom is -0.467 e. The van der Waals surface area contributed by atoms with Crippen molar-refractivity contribution in [3.8, 4) is 6.01 Å². The SMILES string of the molecule is COc1ncc(Cl)c(NC2(C(F)(F)F)CC2)n1. The van der Waals surface area contributed by atoms with Crippen molar-refractivity contribution >= 4 is 17.4 Å². The van der Waals surface area contributed by atoms with Crippen molar-refractivity contribution in [1.82, 2.24) is 9.97 Å². The first-order valence-electron chi connectivity index (χ1n) is 4.79. The van der Waals surface area contributed by atoms with Crippen LogP contribution in [0.2, 0.25) is 5.02 Å². The molecule has 4 nitrogen and oxygen atoms in total. The number of hydrogen-bond acceptors (Lipinski definition) is 4. The van der Waals surface area contributed by atoms with Crippen LogP contribution >= 0.6 is 11.6 Å². The lowest BCUT2D eigenvalue weighted by Crippen LogP contribution is -2.39. The lowest BCUT2D eigenvalue weighted by atomic mass is 10.2. The Morgan fingerprint density at radius 1 is 1.47 bits per heavy atom. The molecule has 1 aromatic rings. The smallest absolute Gasteiger partial charge is 0.411 e. The van der Waals surface area contributed by atoms with E-state index in [1.165, 1.54) is 13.3 Å². The van der Waals surface area contributed by atoms with E-state index in [0.717, 1.165) is 0 Å². The van der Waals surface area contributed by atoms with Crippen LogP contribution in [-0.2, 0) is 0 Å². The van der Waals surface area contributed by atoms with Gasteiger partial charge < -0.3 is 10.1 Å². The summed E-state index contributed by atoms with van der Waals surface area (Å²) >= 11 is 5.73. The molecule has 1 heterocycles. The molecule has 0 atom stereocenters. The van der Waals surface area contributed by atoms with E-state index in [1.54, 1.807) is 0 Å². The molecule has 8 heteroatoms. The second-order valence-electron chi connectivity index (χ2n) is 3.76. The molecule has 0 radical (unpaired) electrons. The zero-order valence-electron chi connectivity index (χ0n) is 8.81. The molecule has 1 aliphatic carbocycles. The molecule has 0 aromatic carbocycles. The van der Waals surface area contributed by atoms with Gasteiger partial charge in [-0.3, -0.25) is 0 Å². The van der Waals surface area contributed by atoms with Gasteiger partial charge in [0.05, 0.1) is 13.3 Å². The molecule has 1 saturated carbocycles. The first-order chi connectivity index (χ1) is 7.88. The van der Waals surface area contributed by atoms with Crippen LogP contribution in [0, 0.1) is 0 Å². The Morgan fingerprint density at radius 3 is 2.59 bits per heavy atom. The van der Waals surface area contributed by atoms with Crippen molar-refractivity contribution < 1.29 is 17.9 Å². The molecule has 1 aromatic heterocycles. The third-order valence-electron chi connectivity index (χ3n) is 2.55. The highest BCUT2D eigenvalue weighted by atomic mass is 35.5. The largest absolute Gasteiger partial charge is 0.467 e. The Balaban J connectivity index is 2.25. The molecule has 0 saturated heterocycles. The van der Waals surface area contributed by atoms with Gasteiger partial charge in [0.25, 0.3) is 0 Å². The van der Waals surface area contributed by atoms with Crippen LogP contribution in [-0.4, -0.2) is 28.8 Å². The van der Waals surface area contributed by atoms with Crippen LogP contribution in [0.3, 0.4) is 0 Å². The average Bonchev–Trinajstić information content (AvgIpc) is 3.01. The van der Waals surface area contributed by atoms with Crippen LogP contribution < -0.4 is 10.1 Å². The highest BCUT2D eigenvalue weighted by Crippen LogP contribution is 2.51. The summed E-state index contributed by atoms with van der Waals surface area (Å²) in [4.78, 5) is 7.44. The van der Waals surface area contributed by atoms with Gasteiger partial charge in [-0.05, 0) is 12.8 Å². The maximum absolute atomic E-state index is 12.7. The van der Waals surface area contributed by atoms with E-state index in [9.17, 15) is 13.2 Å². The summed E-state index contributed by atoms with van der Waals surface area (Å²) in [7, 11) is 1.32. The summed E-state index contributed by atoms with van der Waals surface area (Å²) in [6.45, 7) is 0. The molecule has 0 amide bonds. The Kier molecular flexibility index (Phi) is 2.81. The normalized spacial score (nSPS) is 17.7. The summed E-state index contributed by atoms with van der Waals surface area (Å²) in [6.07, 6.45) is -3.10. The molecule has 0 spiro atoms. The fourth-order valence-corrected chi connectivity index (χ4v) is 1.51. The third kappa shape index (κ3) is 2.24. The van der Waals surface area contributed by atoms with Crippen molar-refractivity contribution in [1.29, 1.82) is 0 Å².